The average Bonchev–Trinajstić information content (AvgIpc) is 2.57. The molecule has 0 aliphatic carbocycles. The Bertz CT molecular complexity index is 824. The third-order valence-electron chi connectivity index (χ3n) is 3.97. The Labute approximate surface area is 153 Å². The van der Waals surface area contributed by atoms with Gasteiger partial charge in [0.1, 0.15) is 12.4 Å². The Morgan fingerprint density at radius 1 is 1.33 bits per heavy atom. The summed E-state index contributed by atoms with van der Waals surface area (Å²) in [4.78, 5) is 18.4. The second kappa shape index (κ2) is 6.93. The lowest BCUT2D eigenvalue weighted by Gasteiger charge is -2.37. The van der Waals surface area contributed by atoms with Gasteiger partial charge in [0.15, 0.2) is 0 Å². The van der Waals surface area contributed by atoms with Crippen molar-refractivity contribution >= 4 is 45.0 Å². The maximum Gasteiger partial charge on any atom is 0.253 e. The third-order valence-corrected chi connectivity index (χ3v) is 4.81. The fourth-order valence-electron chi connectivity index (χ4n) is 2.88. The molecule has 124 valence electrons. The van der Waals surface area contributed by atoms with E-state index in [0.29, 0.717) is 5.02 Å². The molecule has 1 heterocycles. The molecule has 0 saturated heterocycles. The van der Waals surface area contributed by atoms with E-state index in [-0.39, 0.29) is 18.5 Å². The quantitative estimate of drug-likeness (QED) is 0.464. The predicted molar refractivity (Wildman–Crippen MR) is 99.2 cm³/mol. The molecule has 2 aromatic rings. The Kier molecular flexibility index (Phi) is 4.89. The minimum Gasteiger partial charge on any atom is -0.340 e. The van der Waals surface area contributed by atoms with E-state index in [1.165, 1.54) is 0 Å². The maximum atomic E-state index is 11.9. The SMILES string of the molecule is CC1=Nc2ccc(Br)cc2C(c2ccccc2Cl)N1CC(=O)NN. The van der Waals surface area contributed by atoms with Gasteiger partial charge >= 0.3 is 0 Å². The summed E-state index contributed by atoms with van der Waals surface area (Å²) >= 11 is 9.95. The van der Waals surface area contributed by atoms with Crippen LogP contribution in [0.5, 0.6) is 0 Å². The molecule has 1 unspecified atom stereocenters. The molecule has 0 saturated carbocycles. The molecule has 1 aliphatic rings. The molecule has 3 N–H and O–H groups in total. The van der Waals surface area contributed by atoms with Gasteiger partial charge in [-0.3, -0.25) is 10.2 Å². The molecule has 1 amide bonds. The van der Waals surface area contributed by atoms with Crippen molar-refractivity contribution < 1.29 is 4.79 Å². The van der Waals surface area contributed by atoms with Gasteiger partial charge in [-0.15, -0.1) is 0 Å². The summed E-state index contributed by atoms with van der Waals surface area (Å²) in [6.45, 7) is 1.96. The number of nitrogens with two attached hydrogens (primary N) is 1. The summed E-state index contributed by atoms with van der Waals surface area (Å²) in [5.41, 5.74) is 4.94. The molecule has 1 aliphatic heterocycles. The molecular formula is C17H16BrClN4O. The number of halogens is 2. The highest BCUT2D eigenvalue weighted by Crippen LogP contribution is 2.42. The number of hydrogen-bond donors (Lipinski definition) is 2. The molecule has 24 heavy (non-hydrogen) atoms. The fraction of sp³-hybridized carbons (Fsp3) is 0.176. The van der Waals surface area contributed by atoms with E-state index in [4.69, 9.17) is 17.4 Å². The number of benzene rings is 2. The standard InChI is InChI=1S/C17H16BrClN4O/c1-10-21-15-7-6-11(18)8-13(15)17(23(10)9-16(24)22-20)12-4-2-3-5-14(12)19/h2-8,17H,9,20H2,1H3,(H,22,24). The average molecular weight is 408 g/mol. The van der Waals surface area contributed by atoms with Crippen LogP contribution in [0.2, 0.25) is 5.02 Å². The Hall–Kier alpha value is -1.89. The first kappa shape index (κ1) is 17.0. The zero-order valence-electron chi connectivity index (χ0n) is 13.0. The largest absolute Gasteiger partial charge is 0.340 e. The molecule has 0 bridgehead atoms. The summed E-state index contributed by atoms with van der Waals surface area (Å²) in [6.07, 6.45) is 0. The molecule has 0 aromatic heterocycles. The lowest BCUT2D eigenvalue weighted by atomic mass is 9.94. The normalized spacial score (nSPS) is 16.4. The van der Waals surface area contributed by atoms with E-state index in [9.17, 15) is 4.79 Å². The first-order valence-electron chi connectivity index (χ1n) is 7.36. The van der Waals surface area contributed by atoms with Crippen molar-refractivity contribution in [3.05, 3.63) is 63.1 Å². The van der Waals surface area contributed by atoms with E-state index in [1.54, 1.807) is 0 Å². The van der Waals surface area contributed by atoms with Crippen LogP contribution in [-0.2, 0) is 4.79 Å². The zero-order chi connectivity index (χ0) is 17.3. The monoisotopic (exact) mass is 406 g/mol. The van der Waals surface area contributed by atoms with Crippen LogP contribution >= 0.6 is 27.5 Å². The zero-order valence-corrected chi connectivity index (χ0v) is 15.3. The van der Waals surface area contributed by atoms with Gasteiger partial charge in [-0.05, 0) is 36.8 Å². The maximum absolute atomic E-state index is 11.9. The third kappa shape index (κ3) is 3.17. The second-order valence-corrected chi connectivity index (χ2v) is 6.80. The number of aliphatic imine (C=N–C) groups is 1. The molecule has 7 heteroatoms. The molecule has 0 radical (unpaired) electrons. The number of nitrogens with zero attached hydrogens (tertiary/aromatic N) is 2. The first-order valence-corrected chi connectivity index (χ1v) is 8.53. The minimum atomic E-state index is -0.292. The molecule has 0 fully saturated rings. The highest BCUT2D eigenvalue weighted by Gasteiger charge is 2.32. The smallest absolute Gasteiger partial charge is 0.253 e. The first-order chi connectivity index (χ1) is 11.5. The Morgan fingerprint density at radius 3 is 2.79 bits per heavy atom. The van der Waals surface area contributed by atoms with Crippen LogP contribution in [0.25, 0.3) is 0 Å². The lowest BCUT2D eigenvalue weighted by molar-refractivity contribution is -0.121. The second-order valence-electron chi connectivity index (χ2n) is 5.48. The molecular weight excluding hydrogens is 392 g/mol. The number of fused-ring (bicyclic) bond motifs is 1. The van der Waals surface area contributed by atoms with Gasteiger partial charge in [-0.25, -0.2) is 10.8 Å². The Morgan fingerprint density at radius 2 is 2.08 bits per heavy atom. The predicted octanol–water partition coefficient (Wildman–Crippen LogP) is 3.55. The van der Waals surface area contributed by atoms with Crippen LogP contribution in [0.4, 0.5) is 5.69 Å². The molecule has 5 nitrogen and oxygen atoms in total. The number of carbonyl (C=O) groups is 1. The minimum absolute atomic E-state index is 0.0909. The van der Waals surface area contributed by atoms with Crippen molar-refractivity contribution in [1.29, 1.82) is 0 Å². The van der Waals surface area contributed by atoms with Crippen LogP contribution in [-0.4, -0.2) is 23.2 Å². The lowest BCUT2D eigenvalue weighted by Crippen LogP contribution is -2.45. The summed E-state index contributed by atoms with van der Waals surface area (Å²) in [5.74, 6) is 5.71. The van der Waals surface area contributed by atoms with E-state index in [1.807, 2.05) is 54.3 Å². The fourth-order valence-corrected chi connectivity index (χ4v) is 3.50. The van der Waals surface area contributed by atoms with E-state index in [2.05, 4.69) is 26.3 Å². The van der Waals surface area contributed by atoms with Gasteiger partial charge in [0.05, 0.1) is 11.7 Å². The van der Waals surface area contributed by atoms with Crippen LogP contribution in [0, 0.1) is 0 Å². The number of nitrogens with one attached hydrogen (secondary N) is 1. The number of hydrogen-bond acceptors (Lipinski definition) is 4. The van der Waals surface area contributed by atoms with Crippen molar-refractivity contribution in [2.24, 2.45) is 10.8 Å². The van der Waals surface area contributed by atoms with Crippen molar-refractivity contribution in [2.75, 3.05) is 6.54 Å². The molecule has 2 aromatic carbocycles. The van der Waals surface area contributed by atoms with Gasteiger partial charge in [0.2, 0.25) is 0 Å². The summed E-state index contributed by atoms with van der Waals surface area (Å²) < 4.78 is 0.941. The number of amides is 1. The van der Waals surface area contributed by atoms with Gasteiger partial charge in [-0.1, -0.05) is 45.7 Å². The van der Waals surface area contributed by atoms with E-state index < -0.39 is 0 Å². The van der Waals surface area contributed by atoms with E-state index in [0.717, 1.165) is 27.1 Å². The van der Waals surface area contributed by atoms with Crippen molar-refractivity contribution in [2.45, 2.75) is 13.0 Å². The van der Waals surface area contributed by atoms with E-state index >= 15 is 0 Å². The summed E-state index contributed by atoms with van der Waals surface area (Å²) in [7, 11) is 0. The van der Waals surface area contributed by atoms with Crippen LogP contribution < -0.4 is 11.3 Å². The van der Waals surface area contributed by atoms with Gasteiger partial charge in [-0.2, -0.15) is 0 Å². The van der Waals surface area contributed by atoms with Crippen molar-refractivity contribution in [3.8, 4) is 0 Å². The van der Waals surface area contributed by atoms with Gasteiger partial charge in [0, 0.05) is 15.1 Å². The van der Waals surface area contributed by atoms with Crippen LogP contribution in [0.3, 0.4) is 0 Å². The van der Waals surface area contributed by atoms with Crippen molar-refractivity contribution in [3.63, 3.8) is 0 Å². The topological polar surface area (TPSA) is 70.7 Å². The Balaban J connectivity index is 2.18. The number of hydrazine groups is 1. The van der Waals surface area contributed by atoms with Crippen molar-refractivity contribution in [1.82, 2.24) is 10.3 Å². The number of amidine groups is 1. The van der Waals surface area contributed by atoms with Crippen LogP contribution in [0.15, 0.2) is 51.9 Å². The van der Waals surface area contributed by atoms with Gasteiger partial charge < -0.3 is 4.90 Å². The summed E-state index contributed by atoms with van der Waals surface area (Å²) in [6, 6.07) is 13.3. The highest BCUT2D eigenvalue weighted by molar-refractivity contribution is 9.10. The molecule has 0 spiro atoms. The molecule has 3 rings (SSSR count). The number of carbonyl (C=O) groups excluding carboxylic acids is 1. The highest BCUT2D eigenvalue weighted by atomic mass is 79.9. The molecule has 1 atom stereocenters. The summed E-state index contributed by atoms with van der Waals surface area (Å²) in [5, 5.41) is 0.640. The number of rotatable bonds is 3. The van der Waals surface area contributed by atoms with Gasteiger partial charge in [0.25, 0.3) is 5.91 Å². The van der Waals surface area contributed by atoms with Crippen LogP contribution in [0.1, 0.15) is 24.1 Å².